The number of fused-ring (bicyclic) bond motifs is 2. The van der Waals surface area contributed by atoms with Crippen molar-refractivity contribution >= 4 is 27.5 Å². The second kappa shape index (κ2) is 5.77. The van der Waals surface area contributed by atoms with E-state index in [1.165, 1.54) is 24.1 Å². The largest absolute Gasteiger partial charge is 0.445 e. The number of H-pyrrole nitrogens is 1. The number of nitrogens with zero attached hydrogens (tertiary/aromatic N) is 3. The van der Waals surface area contributed by atoms with Gasteiger partial charge in [0.05, 0.1) is 23.1 Å². The van der Waals surface area contributed by atoms with Gasteiger partial charge in [-0.15, -0.1) is 11.3 Å². The van der Waals surface area contributed by atoms with Gasteiger partial charge in [-0.05, 0) is 25.3 Å². The Morgan fingerprint density at radius 2 is 2.27 bits per heavy atom. The second-order valence-electron chi connectivity index (χ2n) is 6.99. The SMILES string of the molecule is Cc1c(C(=O)N2CCc3oc(C4CCC4)nc3C2)sc2nc[nH]c(=O)c12. The van der Waals surface area contributed by atoms with Crippen LogP contribution in [0.3, 0.4) is 0 Å². The maximum absolute atomic E-state index is 13.1. The molecule has 134 valence electrons. The van der Waals surface area contributed by atoms with E-state index in [1.807, 2.05) is 6.92 Å². The van der Waals surface area contributed by atoms with Crippen molar-refractivity contribution in [2.24, 2.45) is 0 Å². The number of aromatic nitrogens is 3. The number of carbonyl (C=O) groups excluding carboxylic acids is 1. The fraction of sp³-hybridized carbons (Fsp3) is 0.444. The van der Waals surface area contributed by atoms with E-state index in [0.29, 0.717) is 46.1 Å². The van der Waals surface area contributed by atoms with Crippen LogP contribution in [0.15, 0.2) is 15.5 Å². The number of amides is 1. The number of carbonyl (C=O) groups is 1. The minimum absolute atomic E-state index is 0.0660. The highest BCUT2D eigenvalue weighted by Crippen LogP contribution is 2.37. The number of nitrogens with one attached hydrogen (secondary N) is 1. The van der Waals surface area contributed by atoms with Gasteiger partial charge in [-0.3, -0.25) is 9.59 Å². The molecule has 7 nitrogen and oxygen atoms in total. The van der Waals surface area contributed by atoms with Crippen LogP contribution >= 0.6 is 11.3 Å². The molecule has 3 aromatic rings. The molecule has 5 rings (SSSR count). The molecule has 0 aromatic carbocycles. The minimum atomic E-state index is -0.203. The fourth-order valence-electron chi connectivity index (χ4n) is 3.65. The summed E-state index contributed by atoms with van der Waals surface area (Å²) in [6, 6.07) is 0. The topological polar surface area (TPSA) is 92.1 Å². The van der Waals surface area contributed by atoms with Gasteiger partial charge in [0.1, 0.15) is 16.3 Å². The predicted octanol–water partition coefficient (Wildman–Crippen LogP) is 2.75. The van der Waals surface area contributed by atoms with E-state index in [1.54, 1.807) is 4.90 Å². The van der Waals surface area contributed by atoms with Gasteiger partial charge in [-0.1, -0.05) is 6.42 Å². The fourth-order valence-corrected chi connectivity index (χ4v) is 4.77. The van der Waals surface area contributed by atoms with Crippen molar-refractivity contribution in [2.75, 3.05) is 6.54 Å². The molecule has 0 saturated heterocycles. The number of aryl methyl sites for hydroxylation is 1. The summed E-state index contributed by atoms with van der Waals surface area (Å²) in [5, 5.41) is 0.507. The lowest BCUT2D eigenvalue weighted by Crippen LogP contribution is -2.35. The summed E-state index contributed by atoms with van der Waals surface area (Å²) in [5.74, 6) is 2.14. The molecule has 0 unspecified atom stereocenters. The molecule has 1 amide bonds. The van der Waals surface area contributed by atoms with Crippen LogP contribution in [0.25, 0.3) is 10.2 Å². The first kappa shape index (κ1) is 15.7. The average molecular weight is 370 g/mol. The second-order valence-corrected chi connectivity index (χ2v) is 7.99. The van der Waals surface area contributed by atoms with E-state index < -0.39 is 0 Å². The van der Waals surface area contributed by atoms with Gasteiger partial charge >= 0.3 is 0 Å². The van der Waals surface area contributed by atoms with Crippen molar-refractivity contribution in [1.29, 1.82) is 0 Å². The third-order valence-electron chi connectivity index (χ3n) is 5.41. The zero-order valence-electron chi connectivity index (χ0n) is 14.4. The molecule has 1 fully saturated rings. The van der Waals surface area contributed by atoms with Gasteiger partial charge in [-0.2, -0.15) is 0 Å². The molecule has 1 N–H and O–H groups in total. The number of hydrogen-bond acceptors (Lipinski definition) is 6. The van der Waals surface area contributed by atoms with Crippen molar-refractivity contribution in [3.8, 4) is 0 Å². The van der Waals surface area contributed by atoms with Gasteiger partial charge in [-0.25, -0.2) is 9.97 Å². The van der Waals surface area contributed by atoms with Crippen LogP contribution in [0.2, 0.25) is 0 Å². The van der Waals surface area contributed by atoms with Crippen molar-refractivity contribution < 1.29 is 9.21 Å². The van der Waals surface area contributed by atoms with Crippen molar-refractivity contribution in [1.82, 2.24) is 19.9 Å². The van der Waals surface area contributed by atoms with E-state index in [-0.39, 0.29) is 11.5 Å². The molecular weight excluding hydrogens is 352 g/mol. The van der Waals surface area contributed by atoms with Crippen molar-refractivity contribution in [3.05, 3.63) is 44.5 Å². The lowest BCUT2D eigenvalue weighted by Gasteiger charge is -2.25. The lowest BCUT2D eigenvalue weighted by atomic mass is 9.85. The number of oxazole rings is 1. The molecule has 1 aliphatic heterocycles. The highest BCUT2D eigenvalue weighted by Gasteiger charge is 2.31. The van der Waals surface area contributed by atoms with Crippen LogP contribution < -0.4 is 5.56 Å². The van der Waals surface area contributed by atoms with Crippen molar-refractivity contribution in [3.63, 3.8) is 0 Å². The van der Waals surface area contributed by atoms with Gasteiger partial charge in [0.2, 0.25) is 0 Å². The Hall–Kier alpha value is -2.48. The Kier molecular flexibility index (Phi) is 3.49. The number of aromatic amines is 1. The first-order chi connectivity index (χ1) is 12.6. The standard InChI is InChI=1S/C18H18N4O3S/c1-9-13-15(23)19-8-20-17(13)26-14(9)18(24)22-6-5-12-11(7-22)21-16(25-12)10-3-2-4-10/h8,10H,2-7H2,1H3,(H,19,20,23). The number of rotatable bonds is 2. The molecule has 26 heavy (non-hydrogen) atoms. The highest BCUT2D eigenvalue weighted by molar-refractivity contribution is 7.20. The van der Waals surface area contributed by atoms with Crippen LogP contribution in [0.5, 0.6) is 0 Å². The summed E-state index contributed by atoms with van der Waals surface area (Å²) in [4.78, 5) is 39.5. The Balaban J connectivity index is 1.45. The van der Waals surface area contributed by atoms with Crippen LogP contribution in [-0.2, 0) is 13.0 Å². The zero-order valence-corrected chi connectivity index (χ0v) is 15.2. The lowest BCUT2D eigenvalue weighted by molar-refractivity contribution is 0.0732. The Morgan fingerprint density at radius 1 is 1.42 bits per heavy atom. The van der Waals surface area contributed by atoms with E-state index in [9.17, 15) is 9.59 Å². The summed E-state index contributed by atoms with van der Waals surface area (Å²) in [6.07, 6.45) is 5.58. The molecule has 8 heteroatoms. The van der Waals surface area contributed by atoms with Gasteiger partial charge in [0, 0.05) is 18.9 Å². The summed E-state index contributed by atoms with van der Waals surface area (Å²) in [6.45, 7) is 2.87. The smallest absolute Gasteiger partial charge is 0.264 e. The quantitative estimate of drug-likeness (QED) is 0.749. The van der Waals surface area contributed by atoms with E-state index in [2.05, 4.69) is 15.0 Å². The third-order valence-corrected chi connectivity index (χ3v) is 6.60. The van der Waals surface area contributed by atoms with Crippen molar-refractivity contribution in [2.45, 2.75) is 45.1 Å². The highest BCUT2D eigenvalue weighted by atomic mass is 32.1. The van der Waals surface area contributed by atoms with Crippen LogP contribution in [0.1, 0.15) is 57.8 Å². The van der Waals surface area contributed by atoms with Gasteiger partial charge in [0.25, 0.3) is 11.5 Å². The zero-order chi connectivity index (χ0) is 17.8. The summed E-state index contributed by atoms with van der Waals surface area (Å²) in [5.41, 5.74) is 1.37. The maximum Gasteiger partial charge on any atom is 0.264 e. The van der Waals surface area contributed by atoms with E-state index >= 15 is 0 Å². The summed E-state index contributed by atoms with van der Waals surface area (Å²) >= 11 is 1.28. The van der Waals surface area contributed by atoms with Crippen LogP contribution in [0.4, 0.5) is 0 Å². The monoisotopic (exact) mass is 370 g/mol. The Labute approximate surface area is 153 Å². The first-order valence-electron chi connectivity index (χ1n) is 8.86. The average Bonchev–Trinajstić information content (AvgIpc) is 3.13. The summed E-state index contributed by atoms with van der Waals surface area (Å²) < 4.78 is 5.93. The molecule has 0 radical (unpaired) electrons. The first-order valence-corrected chi connectivity index (χ1v) is 9.68. The Bertz CT molecular complexity index is 1080. The molecule has 1 aliphatic carbocycles. The number of thiophene rings is 1. The molecule has 0 bridgehead atoms. The van der Waals surface area contributed by atoms with Gasteiger partial charge < -0.3 is 14.3 Å². The molecule has 0 atom stereocenters. The maximum atomic E-state index is 13.1. The third kappa shape index (κ3) is 2.32. The molecule has 0 spiro atoms. The van der Waals surface area contributed by atoms with Gasteiger partial charge in [0.15, 0.2) is 5.89 Å². The summed E-state index contributed by atoms with van der Waals surface area (Å²) in [7, 11) is 0. The predicted molar refractivity (Wildman–Crippen MR) is 96.5 cm³/mol. The van der Waals surface area contributed by atoms with E-state index in [4.69, 9.17) is 4.42 Å². The van der Waals surface area contributed by atoms with Crippen LogP contribution in [0, 0.1) is 6.92 Å². The normalized spacial score (nSPS) is 17.3. The molecule has 3 aromatic heterocycles. The minimum Gasteiger partial charge on any atom is -0.445 e. The molecular formula is C18H18N4O3S. The molecule has 4 heterocycles. The number of hydrogen-bond donors (Lipinski definition) is 1. The van der Waals surface area contributed by atoms with E-state index in [0.717, 1.165) is 30.2 Å². The molecule has 1 saturated carbocycles. The molecule has 2 aliphatic rings. The Morgan fingerprint density at radius 3 is 3.00 bits per heavy atom. The van der Waals surface area contributed by atoms with Crippen LogP contribution in [-0.4, -0.2) is 32.3 Å².